The molecule has 0 saturated heterocycles. The minimum Gasteiger partial charge on any atom is -0.309 e. The molecule has 2 atom stereocenters. The third-order valence-corrected chi connectivity index (χ3v) is 4.74. The summed E-state index contributed by atoms with van der Waals surface area (Å²) in [5.74, 6) is -0.181. The minimum atomic E-state index is -0.198. The molecular formula is C20H32FNO. The maximum atomic E-state index is 13.8. The van der Waals surface area contributed by atoms with Gasteiger partial charge in [-0.1, -0.05) is 48.0 Å². The van der Waals surface area contributed by atoms with Gasteiger partial charge in [-0.05, 0) is 48.9 Å². The monoisotopic (exact) mass is 321 g/mol. The lowest BCUT2D eigenvalue weighted by Gasteiger charge is -2.36. The largest absolute Gasteiger partial charge is 0.309 e. The average Bonchev–Trinajstić information content (AvgIpc) is 2.47. The molecule has 0 radical (unpaired) electrons. The van der Waals surface area contributed by atoms with Crippen molar-refractivity contribution < 1.29 is 9.18 Å². The molecule has 0 aromatic heterocycles. The summed E-state index contributed by atoms with van der Waals surface area (Å²) in [5.41, 5.74) is 1.37. The first-order valence-corrected chi connectivity index (χ1v) is 8.74. The van der Waals surface area contributed by atoms with Gasteiger partial charge in [0.05, 0.1) is 0 Å². The zero-order valence-corrected chi connectivity index (χ0v) is 15.7. The molecular weight excluding hydrogens is 289 g/mol. The van der Waals surface area contributed by atoms with Crippen LogP contribution in [0.3, 0.4) is 0 Å². The van der Waals surface area contributed by atoms with Crippen LogP contribution in [-0.4, -0.2) is 11.9 Å². The summed E-state index contributed by atoms with van der Waals surface area (Å²) in [6, 6.07) is 5.14. The second kappa shape index (κ2) is 7.94. The molecule has 0 saturated carbocycles. The number of anilines is 1. The Morgan fingerprint density at radius 2 is 1.83 bits per heavy atom. The van der Waals surface area contributed by atoms with Crippen molar-refractivity contribution in [2.75, 3.05) is 4.90 Å². The van der Waals surface area contributed by atoms with Gasteiger partial charge in [0.15, 0.2) is 0 Å². The third kappa shape index (κ3) is 4.79. The van der Waals surface area contributed by atoms with E-state index in [-0.39, 0.29) is 29.1 Å². The van der Waals surface area contributed by atoms with Crippen LogP contribution >= 0.6 is 0 Å². The van der Waals surface area contributed by atoms with Crippen molar-refractivity contribution in [2.45, 2.75) is 73.8 Å². The summed E-state index contributed by atoms with van der Waals surface area (Å²) in [7, 11) is 0. The number of carbonyl (C=O) groups is 1. The number of aryl methyl sites for hydroxylation is 1. The van der Waals surface area contributed by atoms with Gasteiger partial charge in [0.25, 0.3) is 0 Å². The predicted molar refractivity (Wildman–Crippen MR) is 96.3 cm³/mol. The van der Waals surface area contributed by atoms with Gasteiger partial charge in [-0.25, -0.2) is 4.39 Å². The number of hydrogen-bond acceptors (Lipinski definition) is 1. The van der Waals surface area contributed by atoms with E-state index < -0.39 is 0 Å². The molecule has 0 heterocycles. The molecule has 0 aliphatic heterocycles. The van der Waals surface area contributed by atoms with E-state index in [1.807, 2.05) is 24.8 Å². The molecule has 2 unspecified atom stereocenters. The van der Waals surface area contributed by atoms with Crippen LogP contribution in [0.25, 0.3) is 0 Å². The second-order valence-electron chi connectivity index (χ2n) is 7.56. The van der Waals surface area contributed by atoms with E-state index in [1.165, 1.54) is 6.07 Å². The molecule has 0 aliphatic rings. The zero-order chi connectivity index (χ0) is 17.8. The molecule has 1 rings (SSSR count). The molecule has 0 fully saturated rings. The van der Waals surface area contributed by atoms with Gasteiger partial charge in [-0.15, -0.1) is 0 Å². The smallest absolute Gasteiger partial charge is 0.230 e. The number of hydrogen-bond donors (Lipinski definition) is 0. The Balaban J connectivity index is 3.28. The van der Waals surface area contributed by atoms with E-state index in [9.17, 15) is 9.18 Å². The average molecular weight is 321 g/mol. The van der Waals surface area contributed by atoms with Crippen molar-refractivity contribution in [2.24, 2.45) is 11.3 Å². The summed E-state index contributed by atoms with van der Waals surface area (Å²) in [6.45, 7) is 14.4. The van der Waals surface area contributed by atoms with Gasteiger partial charge in [-0.3, -0.25) is 4.79 Å². The van der Waals surface area contributed by atoms with Gasteiger partial charge < -0.3 is 4.90 Å². The fourth-order valence-electron chi connectivity index (χ4n) is 2.71. The van der Waals surface area contributed by atoms with Crippen LogP contribution in [-0.2, 0) is 11.2 Å². The summed E-state index contributed by atoms with van der Waals surface area (Å²) >= 11 is 0. The molecule has 1 aromatic rings. The SMILES string of the molecule is CCCC(C)N(C(=O)C(C)C(C)(C)C)c1ccc(F)c(CC)c1. The van der Waals surface area contributed by atoms with Crippen LogP contribution in [0.4, 0.5) is 10.1 Å². The Bertz CT molecular complexity index is 533. The Hall–Kier alpha value is -1.38. The molecule has 0 aliphatic carbocycles. The lowest BCUT2D eigenvalue weighted by atomic mass is 9.81. The zero-order valence-electron chi connectivity index (χ0n) is 15.7. The number of amides is 1. The van der Waals surface area contributed by atoms with Crippen LogP contribution in [0.5, 0.6) is 0 Å². The summed E-state index contributed by atoms with van der Waals surface area (Å²) in [6.07, 6.45) is 2.57. The van der Waals surface area contributed by atoms with Crippen molar-refractivity contribution in [1.29, 1.82) is 0 Å². The molecule has 1 amide bonds. The molecule has 0 bridgehead atoms. The van der Waals surface area contributed by atoms with Crippen LogP contribution in [0.2, 0.25) is 0 Å². The Labute approximate surface area is 141 Å². The normalized spacial score (nSPS) is 14.4. The topological polar surface area (TPSA) is 20.3 Å². The fourth-order valence-corrected chi connectivity index (χ4v) is 2.71. The van der Waals surface area contributed by atoms with Gasteiger partial charge in [-0.2, -0.15) is 0 Å². The van der Waals surface area contributed by atoms with Gasteiger partial charge in [0.1, 0.15) is 5.82 Å². The van der Waals surface area contributed by atoms with E-state index in [1.54, 1.807) is 6.07 Å². The molecule has 3 heteroatoms. The molecule has 23 heavy (non-hydrogen) atoms. The van der Waals surface area contributed by atoms with Gasteiger partial charge in [0, 0.05) is 17.6 Å². The summed E-state index contributed by atoms with van der Waals surface area (Å²) < 4.78 is 13.8. The number of nitrogens with zero attached hydrogens (tertiary/aromatic N) is 1. The van der Waals surface area contributed by atoms with E-state index in [4.69, 9.17) is 0 Å². The van der Waals surface area contributed by atoms with Crippen molar-refractivity contribution in [3.05, 3.63) is 29.6 Å². The van der Waals surface area contributed by atoms with Crippen molar-refractivity contribution in [3.63, 3.8) is 0 Å². The first-order valence-electron chi connectivity index (χ1n) is 8.74. The number of halogens is 1. The van der Waals surface area contributed by atoms with Crippen LogP contribution in [0.1, 0.15) is 66.9 Å². The van der Waals surface area contributed by atoms with E-state index in [0.717, 1.165) is 18.5 Å². The molecule has 2 nitrogen and oxygen atoms in total. The first-order chi connectivity index (χ1) is 10.6. The fraction of sp³-hybridized carbons (Fsp3) is 0.650. The molecule has 1 aromatic carbocycles. The van der Waals surface area contributed by atoms with E-state index in [0.29, 0.717) is 12.0 Å². The lowest BCUT2D eigenvalue weighted by molar-refractivity contribution is -0.125. The second-order valence-corrected chi connectivity index (χ2v) is 7.56. The Morgan fingerprint density at radius 3 is 2.30 bits per heavy atom. The van der Waals surface area contributed by atoms with Crippen molar-refractivity contribution >= 4 is 11.6 Å². The molecule has 0 N–H and O–H groups in total. The lowest BCUT2D eigenvalue weighted by Crippen LogP contribution is -2.45. The summed E-state index contributed by atoms with van der Waals surface area (Å²) in [5, 5.41) is 0. The predicted octanol–water partition coefficient (Wildman–Crippen LogP) is 5.59. The number of carbonyl (C=O) groups excluding carboxylic acids is 1. The van der Waals surface area contributed by atoms with Crippen molar-refractivity contribution in [1.82, 2.24) is 0 Å². The van der Waals surface area contributed by atoms with Crippen LogP contribution in [0.15, 0.2) is 18.2 Å². The highest BCUT2D eigenvalue weighted by molar-refractivity contribution is 5.95. The maximum Gasteiger partial charge on any atom is 0.230 e. The van der Waals surface area contributed by atoms with Gasteiger partial charge >= 0.3 is 0 Å². The molecule has 130 valence electrons. The highest BCUT2D eigenvalue weighted by Crippen LogP contribution is 2.31. The standard InChI is InChI=1S/C20H32FNO/c1-8-10-14(3)22(19(23)15(4)20(5,6)7)17-11-12-18(21)16(9-2)13-17/h11-15H,8-10H2,1-7H3. The number of benzene rings is 1. The summed E-state index contributed by atoms with van der Waals surface area (Å²) in [4.78, 5) is 15.0. The molecule has 0 spiro atoms. The van der Waals surface area contributed by atoms with E-state index in [2.05, 4.69) is 34.6 Å². The quantitative estimate of drug-likeness (QED) is 0.668. The minimum absolute atomic E-state index is 0.100. The third-order valence-electron chi connectivity index (χ3n) is 4.74. The highest BCUT2D eigenvalue weighted by atomic mass is 19.1. The highest BCUT2D eigenvalue weighted by Gasteiger charge is 2.33. The van der Waals surface area contributed by atoms with Crippen molar-refractivity contribution in [3.8, 4) is 0 Å². The first kappa shape index (κ1) is 19.7. The Kier molecular flexibility index (Phi) is 6.79. The van der Waals surface area contributed by atoms with Gasteiger partial charge in [0.2, 0.25) is 5.91 Å². The maximum absolute atomic E-state index is 13.8. The van der Waals surface area contributed by atoms with E-state index >= 15 is 0 Å². The Morgan fingerprint density at radius 1 is 1.22 bits per heavy atom. The van der Waals surface area contributed by atoms with Crippen LogP contribution < -0.4 is 4.90 Å². The van der Waals surface area contributed by atoms with Crippen LogP contribution in [0, 0.1) is 17.2 Å². The number of rotatable bonds is 6.